The van der Waals surface area contributed by atoms with Gasteiger partial charge in [0, 0.05) is 23.9 Å². The van der Waals surface area contributed by atoms with E-state index in [0.29, 0.717) is 13.0 Å². The Morgan fingerprint density at radius 1 is 1.19 bits per heavy atom. The molecule has 1 aromatic heterocycles. The van der Waals surface area contributed by atoms with Crippen LogP contribution in [0.1, 0.15) is 12.6 Å². The Kier molecular flexibility index (Phi) is 5.96. The zero-order valence-corrected chi connectivity index (χ0v) is 15.1. The van der Waals surface area contributed by atoms with Gasteiger partial charge in [0.15, 0.2) is 17.7 Å². The molecule has 0 aliphatic carbocycles. The summed E-state index contributed by atoms with van der Waals surface area (Å²) in [5.74, 6) is -0.697. The number of amides is 1. The summed E-state index contributed by atoms with van der Waals surface area (Å²) >= 11 is 1.58. The molecule has 0 saturated carbocycles. The van der Waals surface area contributed by atoms with E-state index in [4.69, 9.17) is 4.74 Å². The number of para-hydroxylation sites is 1. The van der Waals surface area contributed by atoms with E-state index < -0.39 is 11.9 Å². The first kappa shape index (κ1) is 18.1. The summed E-state index contributed by atoms with van der Waals surface area (Å²) in [5.41, 5.74) is 2.01. The van der Waals surface area contributed by atoms with Crippen molar-refractivity contribution in [2.75, 3.05) is 6.54 Å². The molecule has 1 heterocycles. The molecule has 1 amide bonds. The number of carbonyl (C=O) groups excluding carboxylic acids is 1. The summed E-state index contributed by atoms with van der Waals surface area (Å²) in [4.78, 5) is 16.7. The lowest BCUT2D eigenvalue weighted by Gasteiger charge is -2.14. The van der Waals surface area contributed by atoms with Crippen molar-refractivity contribution in [1.82, 2.24) is 10.3 Å². The van der Waals surface area contributed by atoms with Crippen molar-refractivity contribution in [2.24, 2.45) is 0 Å². The van der Waals surface area contributed by atoms with Crippen molar-refractivity contribution >= 4 is 17.2 Å². The van der Waals surface area contributed by atoms with Gasteiger partial charge in [0.25, 0.3) is 5.91 Å². The van der Waals surface area contributed by atoms with Crippen molar-refractivity contribution < 1.29 is 13.9 Å². The molecule has 4 nitrogen and oxygen atoms in total. The molecule has 2 aromatic carbocycles. The second kappa shape index (κ2) is 8.58. The van der Waals surface area contributed by atoms with Crippen LogP contribution in [-0.4, -0.2) is 23.5 Å². The number of carbonyl (C=O) groups is 1. The number of nitrogens with one attached hydrogen (secondary N) is 1. The monoisotopic (exact) mass is 370 g/mol. The van der Waals surface area contributed by atoms with Crippen LogP contribution in [0.5, 0.6) is 5.75 Å². The first-order chi connectivity index (χ1) is 12.6. The van der Waals surface area contributed by atoms with E-state index in [-0.39, 0.29) is 11.7 Å². The van der Waals surface area contributed by atoms with E-state index in [2.05, 4.69) is 10.3 Å². The van der Waals surface area contributed by atoms with E-state index in [1.54, 1.807) is 30.4 Å². The Hall–Kier alpha value is -2.73. The molecular formula is C20H19FN2O2S. The van der Waals surface area contributed by atoms with Gasteiger partial charge in [0.2, 0.25) is 0 Å². The lowest BCUT2D eigenvalue weighted by molar-refractivity contribution is -0.127. The molecule has 0 bridgehead atoms. The Morgan fingerprint density at radius 3 is 2.69 bits per heavy atom. The van der Waals surface area contributed by atoms with Gasteiger partial charge in [-0.15, -0.1) is 11.3 Å². The predicted molar refractivity (Wildman–Crippen MR) is 101 cm³/mol. The van der Waals surface area contributed by atoms with E-state index in [0.717, 1.165) is 16.3 Å². The number of rotatable bonds is 7. The van der Waals surface area contributed by atoms with Crippen LogP contribution in [0.25, 0.3) is 10.6 Å². The number of aromatic nitrogens is 1. The normalized spacial score (nSPS) is 11.8. The quantitative estimate of drug-likeness (QED) is 0.682. The Morgan fingerprint density at radius 2 is 1.92 bits per heavy atom. The van der Waals surface area contributed by atoms with Gasteiger partial charge in [-0.25, -0.2) is 9.37 Å². The van der Waals surface area contributed by atoms with Crippen molar-refractivity contribution in [3.05, 3.63) is 71.5 Å². The number of hydrogen-bond donors (Lipinski definition) is 1. The van der Waals surface area contributed by atoms with Crippen LogP contribution in [0.4, 0.5) is 4.39 Å². The minimum atomic E-state index is -0.776. The van der Waals surface area contributed by atoms with Gasteiger partial charge in [-0.2, -0.15) is 0 Å². The summed E-state index contributed by atoms with van der Waals surface area (Å²) < 4.78 is 18.9. The second-order valence-electron chi connectivity index (χ2n) is 5.74. The maximum Gasteiger partial charge on any atom is 0.260 e. The van der Waals surface area contributed by atoms with Gasteiger partial charge in [-0.05, 0) is 19.1 Å². The second-order valence-corrected chi connectivity index (χ2v) is 6.60. The first-order valence-corrected chi connectivity index (χ1v) is 9.20. The number of nitrogens with zero attached hydrogens (tertiary/aromatic N) is 1. The molecule has 0 fully saturated rings. The standard InChI is InChI=1S/C20H19FN2O2S/c1-14(25-18-10-6-5-9-17(18)21)19(24)22-12-11-16-13-26-20(23-16)15-7-3-2-4-8-15/h2-10,13-14H,11-12H2,1H3,(H,22,24)/t14-/m1/s1. The van der Waals surface area contributed by atoms with Crippen LogP contribution in [0.2, 0.25) is 0 Å². The van der Waals surface area contributed by atoms with Gasteiger partial charge in [-0.1, -0.05) is 42.5 Å². The first-order valence-electron chi connectivity index (χ1n) is 8.32. The molecule has 0 unspecified atom stereocenters. The van der Waals surface area contributed by atoms with Crippen LogP contribution in [0, 0.1) is 5.82 Å². The molecule has 1 atom stereocenters. The fourth-order valence-corrected chi connectivity index (χ4v) is 3.24. The number of halogens is 1. The topological polar surface area (TPSA) is 51.2 Å². The summed E-state index contributed by atoms with van der Waals surface area (Å²) in [7, 11) is 0. The molecule has 0 radical (unpaired) electrons. The lowest BCUT2D eigenvalue weighted by Crippen LogP contribution is -2.37. The SMILES string of the molecule is C[C@@H](Oc1ccccc1F)C(=O)NCCc1csc(-c2ccccc2)n1. The molecular weight excluding hydrogens is 351 g/mol. The average molecular weight is 370 g/mol. The number of hydrogen-bond acceptors (Lipinski definition) is 4. The maximum atomic E-state index is 13.6. The van der Waals surface area contributed by atoms with Crippen LogP contribution in [0.15, 0.2) is 60.0 Å². The molecule has 3 aromatic rings. The summed E-state index contributed by atoms with van der Waals surface area (Å²) in [5, 5.41) is 5.75. The number of benzene rings is 2. The Labute approximate surface area is 155 Å². The van der Waals surface area contributed by atoms with Gasteiger partial charge < -0.3 is 10.1 Å². The third kappa shape index (κ3) is 4.67. The van der Waals surface area contributed by atoms with Gasteiger partial charge in [-0.3, -0.25) is 4.79 Å². The van der Waals surface area contributed by atoms with Crippen molar-refractivity contribution in [1.29, 1.82) is 0 Å². The molecule has 0 aliphatic heterocycles. The van der Waals surface area contributed by atoms with Crippen LogP contribution < -0.4 is 10.1 Å². The molecule has 0 spiro atoms. The summed E-state index contributed by atoms with van der Waals surface area (Å²) in [6, 6.07) is 16.0. The van der Waals surface area contributed by atoms with Gasteiger partial charge in [0.1, 0.15) is 5.01 Å². The van der Waals surface area contributed by atoms with Crippen LogP contribution in [0.3, 0.4) is 0 Å². The zero-order valence-electron chi connectivity index (χ0n) is 14.3. The minimum Gasteiger partial charge on any atom is -0.478 e. The molecule has 26 heavy (non-hydrogen) atoms. The summed E-state index contributed by atoms with van der Waals surface area (Å²) in [6.07, 6.45) is -0.149. The fourth-order valence-electron chi connectivity index (χ4n) is 2.38. The van der Waals surface area contributed by atoms with Crippen molar-refractivity contribution in [2.45, 2.75) is 19.4 Å². The highest BCUT2D eigenvalue weighted by atomic mass is 32.1. The molecule has 3 rings (SSSR count). The highest BCUT2D eigenvalue weighted by Crippen LogP contribution is 2.23. The van der Waals surface area contributed by atoms with Crippen molar-refractivity contribution in [3.8, 4) is 16.3 Å². The van der Waals surface area contributed by atoms with E-state index in [1.807, 2.05) is 35.7 Å². The van der Waals surface area contributed by atoms with E-state index in [9.17, 15) is 9.18 Å². The fraction of sp³-hybridized carbons (Fsp3) is 0.200. The van der Waals surface area contributed by atoms with Gasteiger partial charge >= 0.3 is 0 Å². The minimum absolute atomic E-state index is 0.0714. The highest BCUT2D eigenvalue weighted by molar-refractivity contribution is 7.13. The zero-order chi connectivity index (χ0) is 18.4. The molecule has 0 saturated heterocycles. The highest BCUT2D eigenvalue weighted by Gasteiger charge is 2.16. The molecule has 0 aliphatic rings. The number of thiazole rings is 1. The summed E-state index contributed by atoms with van der Waals surface area (Å²) in [6.45, 7) is 2.04. The average Bonchev–Trinajstić information content (AvgIpc) is 3.13. The molecule has 6 heteroatoms. The third-order valence-electron chi connectivity index (χ3n) is 3.76. The molecule has 1 N–H and O–H groups in total. The van der Waals surface area contributed by atoms with Crippen molar-refractivity contribution in [3.63, 3.8) is 0 Å². The van der Waals surface area contributed by atoms with Crippen LogP contribution in [-0.2, 0) is 11.2 Å². The maximum absolute atomic E-state index is 13.6. The van der Waals surface area contributed by atoms with Crippen LogP contribution >= 0.6 is 11.3 Å². The third-order valence-corrected chi connectivity index (χ3v) is 4.70. The lowest BCUT2D eigenvalue weighted by atomic mass is 10.2. The number of ether oxygens (including phenoxy) is 1. The smallest absolute Gasteiger partial charge is 0.260 e. The predicted octanol–water partition coefficient (Wildman–Crippen LogP) is 4.08. The Bertz CT molecular complexity index is 867. The Balaban J connectivity index is 1.48. The van der Waals surface area contributed by atoms with Gasteiger partial charge in [0.05, 0.1) is 5.69 Å². The van der Waals surface area contributed by atoms with E-state index >= 15 is 0 Å². The molecule has 134 valence electrons. The largest absolute Gasteiger partial charge is 0.478 e. The van der Waals surface area contributed by atoms with E-state index in [1.165, 1.54) is 12.1 Å².